The van der Waals surface area contributed by atoms with Crippen LogP contribution < -0.4 is 5.32 Å². The highest BCUT2D eigenvalue weighted by molar-refractivity contribution is 9.10. The molecular formula is C14H15BrN2. The minimum Gasteiger partial charge on any atom is -0.340 e. The van der Waals surface area contributed by atoms with Gasteiger partial charge < -0.3 is 5.32 Å². The summed E-state index contributed by atoms with van der Waals surface area (Å²) in [7, 11) is 0. The summed E-state index contributed by atoms with van der Waals surface area (Å²) < 4.78 is 1.00. The lowest BCUT2D eigenvalue weighted by atomic mass is 10.1. The van der Waals surface area contributed by atoms with Crippen LogP contribution in [0.3, 0.4) is 0 Å². The highest BCUT2D eigenvalue weighted by atomic mass is 79.9. The van der Waals surface area contributed by atoms with Crippen LogP contribution in [0.15, 0.2) is 34.9 Å². The fourth-order valence-corrected chi connectivity index (χ4v) is 2.07. The molecule has 0 aliphatic carbocycles. The fraction of sp³-hybridized carbons (Fsp3) is 0.214. The van der Waals surface area contributed by atoms with Gasteiger partial charge in [-0.1, -0.05) is 6.07 Å². The molecule has 0 fully saturated rings. The molecule has 0 aliphatic heterocycles. The normalized spacial score (nSPS) is 10.4. The molecule has 0 amide bonds. The van der Waals surface area contributed by atoms with Crippen molar-refractivity contribution in [3.8, 4) is 0 Å². The minimum atomic E-state index is 0.899. The second-order valence-electron chi connectivity index (χ2n) is 4.24. The molecule has 0 radical (unpaired) electrons. The summed E-state index contributed by atoms with van der Waals surface area (Å²) >= 11 is 3.41. The third-order valence-corrected chi connectivity index (χ3v) is 3.25. The van der Waals surface area contributed by atoms with Gasteiger partial charge in [-0.3, -0.25) is 0 Å². The number of aromatic nitrogens is 1. The Hall–Kier alpha value is -1.35. The molecule has 2 nitrogen and oxygen atoms in total. The molecule has 17 heavy (non-hydrogen) atoms. The molecule has 0 atom stereocenters. The highest BCUT2D eigenvalue weighted by Crippen LogP contribution is 2.22. The van der Waals surface area contributed by atoms with Gasteiger partial charge in [0.1, 0.15) is 5.82 Å². The lowest BCUT2D eigenvalue weighted by Crippen LogP contribution is -1.97. The van der Waals surface area contributed by atoms with E-state index in [9.17, 15) is 0 Å². The average molecular weight is 291 g/mol. The van der Waals surface area contributed by atoms with Crippen LogP contribution >= 0.6 is 15.9 Å². The van der Waals surface area contributed by atoms with Crippen molar-refractivity contribution in [1.82, 2.24) is 4.98 Å². The molecule has 1 aromatic carbocycles. The summed E-state index contributed by atoms with van der Waals surface area (Å²) in [4.78, 5) is 4.37. The molecule has 0 saturated carbocycles. The minimum absolute atomic E-state index is 0.899. The third-order valence-electron chi connectivity index (χ3n) is 2.81. The maximum atomic E-state index is 4.37. The summed E-state index contributed by atoms with van der Waals surface area (Å²) in [6.07, 6.45) is 1.80. The number of rotatable bonds is 2. The molecule has 88 valence electrons. The number of hydrogen-bond donors (Lipinski definition) is 1. The van der Waals surface area contributed by atoms with Crippen LogP contribution in [0.2, 0.25) is 0 Å². The zero-order valence-electron chi connectivity index (χ0n) is 10.2. The van der Waals surface area contributed by atoms with Crippen LogP contribution in [0.5, 0.6) is 0 Å². The first-order valence-electron chi connectivity index (χ1n) is 5.52. The largest absolute Gasteiger partial charge is 0.340 e. The summed E-state index contributed by atoms with van der Waals surface area (Å²) in [5.74, 6) is 0.899. The predicted octanol–water partition coefficient (Wildman–Crippen LogP) is 4.51. The molecule has 0 spiro atoms. The number of pyridine rings is 1. The van der Waals surface area contributed by atoms with Crippen LogP contribution in [0.4, 0.5) is 11.5 Å². The SMILES string of the molecule is Cc1ccc(Nc2ncc(Br)cc2C)cc1C. The zero-order valence-corrected chi connectivity index (χ0v) is 11.8. The molecule has 0 unspecified atom stereocenters. The summed E-state index contributed by atoms with van der Waals surface area (Å²) in [5, 5.41) is 3.34. The maximum Gasteiger partial charge on any atom is 0.133 e. The smallest absolute Gasteiger partial charge is 0.133 e. The molecule has 1 heterocycles. The molecule has 2 aromatic rings. The van der Waals surface area contributed by atoms with E-state index in [4.69, 9.17) is 0 Å². The van der Waals surface area contributed by atoms with Crippen molar-refractivity contribution in [2.24, 2.45) is 0 Å². The number of benzene rings is 1. The van der Waals surface area contributed by atoms with Crippen LogP contribution in [0, 0.1) is 20.8 Å². The summed E-state index contributed by atoms with van der Waals surface area (Å²) in [5.41, 5.74) is 4.78. The van der Waals surface area contributed by atoms with Gasteiger partial charge >= 0.3 is 0 Å². The van der Waals surface area contributed by atoms with Gasteiger partial charge in [0.25, 0.3) is 0 Å². The van der Waals surface area contributed by atoms with E-state index in [0.29, 0.717) is 0 Å². The van der Waals surface area contributed by atoms with Crippen molar-refractivity contribution < 1.29 is 0 Å². The van der Waals surface area contributed by atoms with Crippen molar-refractivity contribution >= 4 is 27.4 Å². The van der Waals surface area contributed by atoms with Gasteiger partial charge in [0.15, 0.2) is 0 Å². The number of nitrogens with one attached hydrogen (secondary N) is 1. The van der Waals surface area contributed by atoms with Gasteiger partial charge in [0.2, 0.25) is 0 Å². The maximum absolute atomic E-state index is 4.37. The van der Waals surface area contributed by atoms with Crippen molar-refractivity contribution in [3.63, 3.8) is 0 Å². The first-order valence-corrected chi connectivity index (χ1v) is 6.32. The Balaban J connectivity index is 2.28. The first kappa shape index (κ1) is 12.1. The first-order chi connectivity index (χ1) is 8.06. The lowest BCUT2D eigenvalue weighted by Gasteiger charge is -2.10. The van der Waals surface area contributed by atoms with E-state index < -0.39 is 0 Å². The second-order valence-corrected chi connectivity index (χ2v) is 5.16. The Bertz CT molecular complexity index is 550. The van der Waals surface area contributed by atoms with Gasteiger partial charge in [0.05, 0.1) is 0 Å². The number of hydrogen-bond acceptors (Lipinski definition) is 2. The number of anilines is 2. The van der Waals surface area contributed by atoms with E-state index in [1.54, 1.807) is 6.20 Å². The second kappa shape index (κ2) is 4.88. The highest BCUT2D eigenvalue weighted by Gasteiger charge is 2.02. The molecule has 0 bridgehead atoms. The molecule has 2 rings (SSSR count). The van der Waals surface area contributed by atoms with Crippen LogP contribution in [0.1, 0.15) is 16.7 Å². The quantitative estimate of drug-likeness (QED) is 0.880. The molecular weight excluding hydrogens is 276 g/mol. The standard InChI is InChI=1S/C14H15BrN2/c1-9-4-5-13(7-10(9)2)17-14-11(3)6-12(15)8-16-14/h4-8H,1-3H3,(H,16,17). The van der Waals surface area contributed by atoms with Crippen molar-refractivity contribution in [1.29, 1.82) is 0 Å². The number of nitrogens with zero attached hydrogens (tertiary/aromatic N) is 1. The summed E-state index contributed by atoms with van der Waals surface area (Å²) in [6.45, 7) is 6.27. The van der Waals surface area contributed by atoms with E-state index in [-0.39, 0.29) is 0 Å². The van der Waals surface area contributed by atoms with Crippen LogP contribution in [-0.2, 0) is 0 Å². The van der Waals surface area contributed by atoms with E-state index in [1.807, 2.05) is 6.92 Å². The Morgan fingerprint density at radius 3 is 2.41 bits per heavy atom. The fourth-order valence-electron chi connectivity index (χ4n) is 1.63. The zero-order chi connectivity index (χ0) is 12.4. The van der Waals surface area contributed by atoms with Gasteiger partial charge in [-0.05, 0) is 71.6 Å². The van der Waals surface area contributed by atoms with Gasteiger partial charge in [0, 0.05) is 16.4 Å². The molecule has 1 aromatic heterocycles. The molecule has 1 N–H and O–H groups in total. The van der Waals surface area contributed by atoms with E-state index in [2.05, 4.69) is 64.3 Å². The van der Waals surface area contributed by atoms with Crippen molar-refractivity contribution in [2.45, 2.75) is 20.8 Å². The third kappa shape index (κ3) is 2.86. The van der Waals surface area contributed by atoms with Crippen molar-refractivity contribution in [3.05, 3.63) is 51.6 Å². The monoisotopic (exact) mass is 290 g/mol. The van der Waals surface area contributed by atoms with Gasteiger partial charge in [-0.15, -0.1) is 0 Å². The average Bonchev–Trinajstić information content (AvgIpc) is 2.27. The number of aryl methyl sites for hydroxylation is 3. The van der Waals surface area contributed by atoms with E-state index >= 15 is 0 Å². The van der Waals surface area contributed by atoms with E-state index in [0.717, 1.165) is 21.5 Å². The lowest BCUT2D eigenvalue weighted by molar-refractivity contribution is 1.24. The molecule has 0 aliphatic rings. The van der Waals surface area contributed by atoms with E-state index in [1.165, 1.54) is 11.1 Å². The van der Waals surface area contributed by atoms with Gasteiger partial charge in [-0.25, -0.2) is 4.98 Å². The Morgan fingerprint density at radius 2 is 1.76 bits per heavy atom. The molecule has 3 heteroatoms. The number of halogens is 1. The summed E-state index contributed by atoms with van der Waals surface area (Å²) in [6, 6.07) is 8.38. The topological polar surface area (TPSA) is 24.9 Å². The Labute approximate surface area is 110 Å². The molecule has 0 saturated heterocycles. The van der Waals surface area contributed by atoms with Crippen LogP contribution in [-0.4, -0.2) is 4.98 Å². The Morgan fingerprint density at radius 1 is 1.00 bits per heavy atom. The van der Waals surface area contributed by atoms with Crippen molar-refractivity contribution in [2.75, 3.05) is 5.32 Å². The predicted molar refractivity (Wildman–Crippen MR) is 75.9 cm³/mol. The Kier molecular flexibility index (Phi) is 3.48. The van der Waals surface area contributed by atoms with Gasteiger partial charge in [-0.2, -0.15) is 0 Å². The van der Waals surface area contributed by atoms with Crippen LogP contribution in [0.25, 0.3) is 0 Å².